The molecule has 1 aliphatic rings. The van der Waals surface area contributed by atoms with Gasteiger partial charge in [0, 0.05) is 47.3 Å². The molecule has 27 heavy (non-hydrogen) atoms. The molecule has 2 heterocycles. The molecule has 4 heteroatoms. The molecule has 0 N–H and O–H groups in total. The number of benzodiazepines with no additional fused rings is 1. The van der Waals surface area contributed by atoms with E-state index in [1.807, 2.05) is 12.4 Å². The highest BCUT2D eigenvalue weighted by Crippen LogP contribution is 2.27. The minimum Gasteiger partial charge on any atom is -0.372 e. The standard InChI is InChI=1S/C23H20BrN3/c1-27-15-14-26-22(21-4-2-3-5-23(21)27)11-8-18-16-25-13-12-20(18)17-6-9-19(24)10-7-17/h2-13,16H,14-15H2,1H3. The van der Waals surface area contributed by atoms with E-state index in [1.54, 1.807) is 0 Å². The largest absolute Gasteiger partial charge is 0.372 e. The van der Waals surface area contributed by atoms with Gasteiger partial charge in [0.15, 0.2) is 0 Å². The zero-order valence-corrected chi connectivity index (χ0v) is 16.7. The predicted octanol–water partition coefficient (Wildman–Crippen LogP) is 5.46. The SMILES string of the molecule is CN1CCN=C(C=Cc2cnccc2-c2ccc(Br)cc2)c2ccccc21. The van der Waals surface area contributed by atoms with Gasteiger partial charge in [0.1, 0.15) is 0 Å². The van der Waals surface area contributed by atoms with Gasteiger partial charge in [-0.1, -0.05) is 52.3 Å². The monoisotopic (exact) mass is 417 g/mol. The Labute approximate surface area is 168 Å². The van der Waals surface area contributed by atoms with Gasteiger partial charge >= 0.3 is 0 Å². The molecular formula is C23H20BrN3. The first-order valence-electron chi connectivity index (χ1n) is 8.95. The summed E-state index contributed by atoms with van der Waals surface area (Å²) in [6.07, 6.45) is 7.97. The molecule has 0 radical (unpaired) electrons. The van der Waals surface area contributed by atoms with E-state index >= 15 is 0 Å². The number of halogens is 1. The summed E-state index contributed by atoms with van der Waals surface area (Å²) in [5.74, 6) is 0. The Morgan fingerprint density at radius 1 is 0.963 bits per heavy atom. The molecule has 0 saturated carbocycles. The zero-order chi connectivity index (χ0) is 18.6. The highest BCUT2D eigenvalue weighted by Gasteiger charge is 2.13. The summed E-state index contributed by atoms with van der Waals surface area (Å²) < 4.78 is 1.07. The van der Waals surface area contributed by atoms with Gasteiger partial charge in [-0.2, -0.15) is 0 Å². The molecule has 3 nitrogen and oxygen atoms in total. The molecule has 3 aromatic rings. The van der Waals surface area contributed by atoms with E-state index in [9.17, 15) is 0 Å². The molecule has 4 rings (SSSR count). The van der Waals surface area contributed by atoms with Gasteiger partial charge in [-0.3, -0.25) is 9.98 Å². The summed E-state index contributed by atoms with van der Waals surface area (Å²) in [6, 6.07) is 18.8. The van der Waals surface area contributed by atoms with Gasteiger partial charge < -0.3 is 4.90 Å². The van der Waals surface area contributed by atoms with Crippen LogP contribution in [0.2, 0.25) is 0 Å². The topological polar surface area (TPSA) is 28.5 Å². The molecule has 0 saturated heterocycles. The maximum absolute atomic E-state index is 4.81. The molecule has 0 fully saturated rings. The molecule has 1 aromatic heterocycles. The number of anilines is 1. The summed E-state index contributed by atoms with van der Waals surface area (Å²) in [5, 5.41) is 0. The first-order chi connectivity index (χ1) is 13.2. The van der Waals surface area contributed by atoms with E-state index in [4.69, 9.17) is 4.99 Å². The van der Waals surface area contributed by atoms with E-state index in [-0.39, 0.29) is 0 Å². The van der Waals surface area contributed by atoms with E-state index < -0.39 is 0 Å². The Morgan fingerprint density at radius 3 is 2.63 bits per heavy atom. The maximum atomic E-state index is 4.81. The van der Waals surface area contributed by atoms with E-state index in [1.165, 1.54) is 16.8 Å². The van der Waals surface area contributed by atoms with Crippen molar-refractivity contribution in [3.63, 3.8) is 0 Å². The summed E-state index contributed by atoms with van der Waals surface area (Å²) in [6.45, 7) is 1.71. The Bertz CT molecular complexity index is 1010. The van der Waals surface area contributed by atoms with Crippen molar-refractivity contribution in [1.29, 1.82) is 0 Å². The molecule has 0 unspecified atom stereocenters. The third kappa shape index (κ3) is 3.86. The average molecular weight is 418 g/mol. The highest BCUT2D eigenvalue weighted by molar-refractivity contribution is 9.10. The van der Waals surface area contributed by atoms with Crippen LogP contribution in [-0.2, 0) is 0 Å². The number of fused-ring (bicyclic) bond motifs is 1. The van der Waals surface area contributed by atoms with Crippen molar-refractivity contribution in [2.24, 2.45) is 4.99 Å². The third-order valence-electron chi connectivity index (χ3n) is 4.74. The number of benzene rings is 2. The molecule has 2 aromatic carbocycles. The summed E-state index contributed by atoms with van der Waals surface area (Å²) in [4.78, 5) is 11.4. The zero-order valence-electron chi connectivity index (χ0n) is 15.1. The molecule has 134 valence electrons. The Balaban J connectivity index is 1.71. The Kier molecular flexibility index (Phi) is 5.16. The van der Waals surface area contributed by atoms with Crippen LogP contribution < -0.4 is 4.90 Å². The fraction of sp³-hybridized carbons (Fsp3) is 0.130. The van der Waals surface area contributed by atoms with Crippen LogP contribution in [0.4, 0.5) is 5.69 Å². The number of hydrogen-bond acceptors (Lipinski definition) is 3. The quantitative estimate of drug-likeness (QED) is 0.565. The lowest BCUT2D eigenvalue weighted by Crippen LogP contribution is -2.20. The fourth-order valence-electron chi connectivity index (χ4n) is 3.29. The number of aromatic nitrogens is 1. The lowest BCUT2D eigenvalue weighted by Gasteiger charge is -2.18. The second-order valence-electron chi connectivity index (χ2n) is 6.51. The number of pyridine rings is 1. The van der Waals surface area contributed by atoms with Gasteiger partial charge in [0.2, 0.25) is 0 Å². The maximum Gasteiger partial charge on any atom is 0.0668 e. The van der Waals surface area contributed by atoms with E-state index in [0.717, 1.165) is 34.4 Å². The number of hydrogen-bond donors (Lipinski definition) is 0. The van der Waals surface area contributed by atoms with Crippen LogP contribution in [0.25, 0.3) is 17.2 Å². The average Bonchev–Trinajstić information content (AvgIpc) is 2.86. The second kappa shape index (κ2) is 7.89. The second-order valence-corrected chi connectivity index (χ2v) is 7.42. The highest BCUT2D eigenvalue weighted by atomic mass is 79.9. The number of aliphatic imine (C=N–C) groups is 1. The van der Waals surface area contributed by atoms with Crippen LogP contribution >= 0.6 is 15.9 Å². The fourth-order valence-corrected chi connectivity index (χ4v) is 3.56. The van der Waals surface area contributed by atoms with Crippen molar-refractivity contribution < 1.29 is 0 Å². The van der Waals surface area contributed by atoms with Gasteiger partial charge in [-0.15, -0.1) is 0 Å². The molecule has 0 aliphatic carbocycles. The minimum atomic E-state index is 0.789. The molecule has 0 amide bonds. The van der Waals surface area contributed by atoms with Crippen LogP contribution in [0, 0.1) is 0 Å². The molecule has 0 bridgehead atoms. The van der Waals surface area contributed by atoms with Gasteiger partial charge in [-0.25, -0.2) is 0 Å². The Morgan fingerprint density at radius 2 is 1.78 bits per heavy atom. The smallest absolute Gasteiger partial charge is 0.0668 e. The van der Waals surface area contributed by atoms with Crippen molar-refractivity contribution in [3.05, 3.63) is 88.7 Å². The van der Waals surface area contributed by atoms with Gasteiger partial charge in [-0.05, 0) is 41.5 Å². The number of rotatable bonds is 3. The third-order valence-corrected chi connectivity index (χ3v) is 5.27. The summed E-state index contributed by atoms with van der Waals surface area (Å²) in [7, 11) is 2.12. The van der Waals surface area contributed by atoms with Crippen molar-refractivity contribution in [1.82, 2.24) is 4.98 Å². The van der Waals surface area contributed by atoms with Crippen LogP contribution in [0.5, 0.6) is 0 Å². The number of para-hydroxylation sites is 1. The van der Waals surface area contributed by atoms with Crippen LogP contribution in [0.3, 0.4) is 0 Å². The number of allylic oxidation sites excluding steroid dienone is 1. The van der Waals surface area contributed by atoms with Crippen LogP contribution in [-0.4, -0.2) is 30.8 Å². The van der Waals surface area contributed by atoms with Crippen LogP contribution in [0.1, 0.15) is 11.1 Å². The number of nitrogens with zero attached hydrogens (tertiary/aromatic N) is 3. The minimum absolute atomic E-state index is 0.789. The van der Waals surface area contributed by atoms with Crippen molar-refractivity contribution >= 4 is 33.4 Å². The normalized spacial score (nSPS) is 14.0. The van der Waals surface area contributed by atoms with Gasteiger partial charge in [0.05, 0.1) is 12.3 Å². The summed E-state index contributed by atoms with van der Waals surface area (Å²) >= 11 is 3.50. The van der Waals surface area contributed by atoms with Crippen molar-refractivity contribution in [2.75, 3.05) is 25.0 Å². The van der Waals surface area contributed by atoms with E-state index in [0.29, 0.717) is 0 Å². The summed E-state index contributed by atoms with van der Waals surface area (Å²) in [5.41, 5.74) is 6.82. The first-order valence-corrected chi connectivity index (χ1v) is 9.75. The van der Waals surface area contributed by atoms with Crippen molar-refractivity contribution in [2.45, 2.75) is 0 Å². The molecule has 1 aliphatic heterocycles. The number of likely N-dealkylation sites (N-methyl/N-ethyl adjacent to an activating group) is 1. The van der Waals surface area contributed by atoms with Crippen molar-refractivity contribution in [3.8, 4) is 11.1 Å². The molecule has 0 spiro atoms. The van der Waals surface area contributed by atoms with E-state index in [2.05, 4.69) is 99.6 Å². The molecular weight excluding hydrogens is 398 g/mol. The first kappa shape index (κ1) is 17.7. The lowest BCUT2D eigenvalue weighted by atomic mass is 10.0. The van der Waals surface area contributed by atoms with Gasteiger partial charge in [0.25, 0.3) is 0 Å². The molecule has 0 atom stereocenters. The Hall–Kier alpha value is -2.72. The predicted molar refractivity (Wildman–Crippen MR) is 118 cm³/mol. The lowest BCUT2D eigenvalue weighted by molar-refractivity contribution is 0.897. The van der Waals surface area contributed by atoms with Crippen LogP contribution in [0.15, 0.2) is 82.5 Å².